The lowest BCUT2D eigenvalue weighted by Crippen LogP contribution is -2.63. The second kappa shape index (κ2) is 14.8. The highest BCUT2D eigenvalue weighted by atomic mass is 32.2. The zero-order chi connectivity index (χ0) is 38.4. The van der Waals surface area contributed by atoms with Gasteiger partial charge in [0.1, 0.15) is 16.3 Å². The number of nitrogens with one attached hydrogen (secondary N) is 3. The Morgan fingerprint density at radius 2 is 1.65 bits per heavy atom. The van der Waals surface area contributed by atoms with Crippen molar-refractivity contribution in [1.82, 2.24) is 25.2 Å². The number of primary amides is 1. The fraction of sp³-hybridized carbons (Fsp3) is 0.750. The molecule has 1 saturated heterocycles. The summed E-state index contributed by atoms with van der Waals surface area (Å²) in [5.41, 5.74) is 3.78. The molecule has 0 aromatic carbocycles. The predicted octanol–water partition coefficient (Wildman–Crippen LogP) is 3.49. The molecule has 5 amide bonds. The molecule has 51 heavy (non-hydrogen) atoms. The molecule has 0 spiro atoms. The largest absolute Gasteiger partial charge is 0.363 e. The Balaban J connectivity index is 1.55. The number of hydrogen-bond acceptors (Lipinski definition) is 8. The molecular weight excluding hydrogens is 693 g/mol. The SMILES string of the molecule is CC(C)N(C[C@@H](NC(=O)N[C@H](C(=O)N1C[C@H]2[C@@H]([C@H]1C(=O)NC(CC1CCC1)C(=O)C(N)=O)C2(C)C)C(C)(C)C)C(C)(C)C)S(=O)(=O)c1cccs1. The molecule has 3 fully saturated rings. The molecule has 3 aliphatic rings. The molecule has 1 aliphatic heterocycles. The molecule has 2 saturated carbocycles. The van der Waals surface area contributed by atoms with Crippen molar-refractivity contribution in [2.75, 3.05) is 13.1 Å². The molecule has 2 heterocycles. The molecule has 1 aromatic heterocycles. The number of likely N-dealkylation sites (tertiary alicyclic amines) is 1. The van der Waals surface area contributed by atoms with Gasteiger partial charge in [-0.1, -0.05) is 80.7 Å². The number of rotatable bonds is 14. The van der Waals surface area contributed by atoms with Crippen LogP contribution in [0.2, 0.25) is 0 Å². The van der Waals surface area contributed by atoms with E-state index in [1.54, 1.807) is 31.4 Å². The molecule has 2 aliphatic carbocycles. The average molecular weight is 751 g/mol. The van der Waals surface area contributed by atoms with E-state index in [2.05, 4.69) is 16.0 Å². The summed E-state index contributed by atoms with van der Waals surface area (Å²) in [4.78, 5) is 68.5. The zero-order valence-corrected chi connectivity index (χ0v) is 33.4. The molecule has 6 atom stereocenters. The van der Waals surface area contributed by atoms with Gasteiger partial charge in [-0.2, -0.15) is 4.31 Å². The van der Waals surface area contributed by atoms with Crippen LogP contribution in [-0.4, -0.2) is 90.5 Å². The van der Waals surface area contributed by atoms with E-state index < -0.39 is 80.6 Å². The number of Topliss-reactive ketones (excluding diaryl/α,β-unsaturated/α-hetero) is 1. The standard InChI is InChI=1S/C36H58N6O7S2/c1-20(2)42(51(48,49)25-15-12-16-50-25)19-24(34(3,4)5)39-33(47)40-29(35(6,7)8)32(46)41-18-22-26(36(22,9)10)27(41)31(45)38-23(28(43)30(37)44)17-21-13-11-14-21/h12,15-16,20-24,26-27,29H,11,13-14,17-19H2,1-10H3,(H2,37,44)(H,38,45)(H2,39,40,47)/t22-,23?,24+,26-,27-,29+/m0/s1. The van der Waals surface area contributed by atoms with Gasteiger partial charge in [0.2, 0.25) is 17.6 Å². The van der Waals surface area contributed by atoms with E-state index in [4.69, 9.17) is 5.73 Å². The van der Waals surface area contributed by atoms with E-state index in [-0.39, 0.29) is 33.9 Å². The van der Waals surface area contributed by atoms with Gasteiger partial charge in [0.05, 0.1) is 6.04 Å². The molecule has 286 valence electrons. The normalized spacial score (nSPS) is 23.5. The fourth-order valence-electron chi connectivity index (χ4n) is 7.51. The van der Waals surface area contributed by atoms with Crippen LogP contribution >= 0.6 is 11.3 Å². The van der Waals surface area contributed by atoms with Gasteiger partial charge >= 0.3 is 6.03 Å². The number of carbonyl (C=O) groups is 5. The second-order valence-electron chi connectivity index (χ2n) is 17.6. The lowest BCUT2D eigenvalue weighted by molar-refractivity contribution is -0.145. The highest BCUT2D eigenvalue weighted by Crippen LogP contribution is 2.65. The Morgan fingerprint density at radius 3 is 2.12 bits per heavy atom. The maximum atomic E-state index is 14.5. The molecule has 5 N–H and O–H groups in total. The first-order chi connectivity index (χ1) is 23.4. The quantitative estimate of drug-likeness (QED) is 0.210. The number of sulfonamides is 1. The monoisotopic (exact) mass is 750 g/mol. The van der Waals surface area contributed by atoms with E-state index >= 15 is 0 Å². The maximum Gasteiger partial charge on any atom is 0.315 e. The number of urea groups is 1. The number of ketones is 1. The van der Waals surface area contributed by atoms with E-state index in [1.165, 1.54) is 9.21 Å². The minimum absolute atomic E-state index is 0.00180. The molecule has 4 rings (SSSR count). The molecule has 1 unspecified atom stereocenters. The highest BCUT2D eigenvalue weighted by molar-refractivity contribution is 7.91. The molecular formula is C36H58N6O7S2. The van der Waals surface area contributed by atoms with Crippen LogP contribution in [0.25, 0.3) is 0 Å². The van der Waals surface area contributed by atoms with Gasteiger partial charge in [-0.05, 0) is 65.7 Å². The topological polar surface area (TPSA) is 188 Å². The summed E-state index contributed by atoms with van der Waals surface area (Å²) >= 11 is 1.13. The number of hydrogen-bond donors (Lipinski definition) is 4. The van der Waals surface area contributed by atoms with Gasteiger partial charge in [0, 0.05) is 25.2 Å². The Labute approximate surface area is 307 Å². The summed E-state index contributed by atoms with van der Waals surface area (Å²) in [7, 11) is -3.83. The minimum Gasteiger partial charge on any atom is -0.363 e. The van der Waals surface area contributed by atoms with Crippen LogP contribution in [0.1, 0.15) is 94.9 Å². The van der Waals surface area contributed by atoms with Crippen LogP contribution < -0.4 is 21.7 Å². The summed E-state index contributed by atoms with van der Waals surface area (Å²) in [6.45, 7) is 19.1. The molecule has 1 aromatic rings. The molecule has 13 nitrogen and oxygen atoms in total. The third-order valence-electron chi connectivity index (χ3n) is 11.2. The number of fused-ring (bicyclic) bond motifs is 1. The van der Waals surface area contributed by atoms with Gasteiger partial charge < -0.3 is 26.6 Å². The number of piperidine rings is 1. The van der Waals surface area contributed by atoms with Crippen molar-refractivity contribution in [3.63, 3.8) is 0 Å². The minimum atomic E-state index is -3.83. The molecule has 15 heteroatoms. The van der Waals surface area contributed by atoms with Crippen LogP contribution in [0.4, 0.5) is 4.79 Å². The zero-order valence-electron chi connectivity index (χ0n) is 31.7. The third-order valence-corrected chi connectivity index (χ3v) is 14.6. The third kappa shape index (κ3) is 8.78. The molecule has 0 bridgehead atoms. The van der Waals surface area contributed by atoms with Gasteiger partial charge in [-0.3, -0.25) is 19.2 Å². The van der Waals surface area contributed by atoms with Crippen molar-refractivity contribution < 1.29 is 32.4 Å². The van der Waals surface area contributed by atoms with Crippen molar-refractivity contribution in [3.05, 3.63) is 17.5 Å². The summed E-state index contributed by atoms with van der Waals surface area (Å²) in [5.74, 6) is -2.82. The van der Waals surface area contributed by atoms with Crippen LogP contribution in [0.5, 0.6) is 0 Å². The van der Waals surface area contributed by atoms with Gasteiger partial charge in [0.25, 0.3) is 15.9 Å². The summed E-state index contributed by atoms with van der Waals surface area (Å²) in [6.07, 6.45) is 3.15. The lowest BCUT2D eigenvalue weighted by atomic mass is 9.80. The van der Waals surface area contributed by atoms with E-state index in [0.717, 1.165) is 30.6 Å². The van der Waals surface area contributed by atoms with Crippen molar-refractivity contribution in [1.29, 1.82) is 0 Å². The first-order valence-electron chi connectivity index (χ1n) is 18.0. The van der Waals surface area contributed by atoms with Gasteiger partial charge in [-0.25, -0.2) is 13.2 Å². The Kier molecular flexibility index (Phi) is 11.8. The number of nitrogens with two attached hydrogens (primary N) is 1. The summed E-state index contributed by atoms with van der Waals surface area (Å²) in [6, 6.07) is -1.45. The van der Waals surface area contributed by atoms with Crippen molar-refractivity contribution in [3.8, 4) is 0 Å². The van der Waals surface area contributed by atoms with Gasteiger partial charge in [0.15, 0.2) is 0 Å². The van der Waals surface area contributed by atoms with Crippen molar-refractivity contribution >= 4 is 50.9 Å². The predicted molar refractivity (Wildman–Crippen MR) is 196 cm³/mol. The number of carbonyl (C=O) groups excluding carboxylic acids is 5. The first-order valence-corrected chi connectivity index (χ1v) is 20.3. The second-order valence-corrected chi connectivity index (χ2v) is 20.7. The fourth-order valence-corrected chi connectivity index (χ4v) is 10.3. The Bertz CT molecular complexity index is 1590. The number of thiophene rings is 1. The van der Waals surface area contributed by atoms with Crippen molar-refractivity contribution in [2.24, 2.45) is 39.7 Å². The van der Waals surface area contributed by atoms with Crippen LogP contribution in [0.15, 0.2) is 21.7 Å². The first kappa shape index (κ1) is 40.7. The summed E-state index contributed by atoms with van der Waals surface area (Å²) in [5, 5.41) is 10.3. The smallest absolute Gasteiger partial charge is 0.315 e. The number of nitrogens with zero attached hydrogens (tertiary/aromatic N) is 2. The average Bonchev–Trinajstić information content (AvgIpc) is 3.44. The van der Waals surface area contributed by atoms with Gasteiger partial charge in [-0.15, -0.1) is 11.3 Å². The van der Waals surface area contributed by atoms with E-state index in [0.29, 0.717) is 13.0 Å². The Morgan fingerprint density at radius 1 is 1.02 bits per heavy atom. The van der Waals surface area contributed by atoms with Crippen LogP contribution in [0, 0.1) is 34.0 Å². The van der Waals surface area contributed by atoms with Crippen molar-refractivity contribution in [2.45, 2.75) is 129 Å². The van der Waals surface area contributed by atoms with Crippen LogP contribution in [-0.2, 0) is 29.2 Å². The van der Waals surface area contributed by atoms with E-state index in [9.17, 15) is 32.4 Å². The van der Waals surface area contributed by atoms with Crippen LogP contribution in [0.3, 0.4) is 0 Å². The Hall–Kier alpha value is -3.04. The summed E-state index contributed by atoms with van der Waals surface area (Å²) < 4.78 is 28.8. The molecule has 0 radical (unpaired) electrons. The maximum absolute atomic E-state index is 14.5. The lowest BCUT2D eigenvalue weighted by Gasteiger charge is -2.39. The number of amides is 5. The highest BCUT2D eigenvalue weighted by Gasteiger charge is 2.70. The van der Waals surface area contributed by atoms with E-state index in [1.807, 2.05) is 55.4 Å².